The van der Waals surface area contributed by atoms with Crippen LogP contribution >= 0.6 is 0 Å². The van der Waals surface area contributed by atoms with E-state index < -0.39 is 0 Å². The first-order valence-electron chi connectivity index (χ1n) is 7.19. The summed E-state index contributed by atoms with van der Waals surface area (Å²) in [6, 6.07) is 0. The van der Waals surface area contributed by atoms with Crippen molar-refractivity contribution in [3.63, 3.8) is 0 Å². The third kappa shape index (κ3) is 3.83. The Bertz CT molecular complexity index is 320. The zero-order valence-corrected chi connectivity index (χ0v) is 11.6. The molecule has 0 aromatic carbocycles. The lowest BCUT2D eigenvalue weighted by Gasteiger charge is -2.03. The van der Waals surface area contributed by atoms with Crippen LogP contribution in [0.25, 0.3) is 0 Å². The third-order valence-corrected chi connectivity index (χ3v) is 3.60. The summed E-state index contributed by atoms with van der Waals surface area (Å²) in [6.45, 7) is 6.49. The number of unbranched alkanes of at least 4 members (excludes halogenated alkanes) is 4. The highest BCUT2D eigenvalue weighted by Crippen LogP contribution is 2.33. The zero-order chi connectivity index (χ0) is 12.7. The molecule has 1 rings (SSSR count). The predicted molar refractivity (Wildman–Crippen MR) is 74.1 cm³/mol. The molecule has 0 saturated heterocycles. The molecule has 0 amide bonds. The van der Waals surface area contributed by atoms with Crippen LogP contribution in [0.5, 0.6) is 0 Å². The van der Waals surface area contributed by atoms with Gasteiger partial charge in [0.2, 0.25) is 0 Å². The van der Waals surface area contributed by atoms with Gasteiger partial charge in [0.05, 0.1) is 0 Å². The monoisotopic (exact) mass is 234 g/mol. The molecule has 0 unspecified atom stereocenters. The van der Waals surface area contributed by atoms with E-state index in [-0.39, 0.29) is 0 Å². The molecular formula is C16H26O. The van der Waals surface area contributed by atoms with Crippen molar-refractivity contribution in [2.24, 2.45) is 0 Å². The summed E-state index contributed by atoms with van der Waals surface area (Å²) in [5.74, 6) is 0.365. The number of hydrogen-bond donors (Lipinski definition) is 0. The largest absolute Gasteiger partial charge is 0.294 e. The molecule has 1 heteroatoms. The van der Waals surface area contributed by atoms with Gasteiger partial charge in [-0.3, -0.25) is 4.79 Å². The molecule has 1 aliphatic rings. The van der Waals surface area contributed by atoms with E-state index >= 15 is 0 Å². The number of ketones is 1. The summed E-state index contributed by atoms with van der Waals surface area (Å²) in [7, 11) is 0. The Kier molecular flexibility index (Phi) is 6.25. The van der Waals surface area contributed by atoms with Crippen LogP contribution in [0.2, 0.25) is 0 Å². The van der Waals surface area contributed by atoms with Crippen molar-refractivity contribution < 1.29 is 4.79 Å². The van der Waals surface area contributed by atoms with Crippen molar-refractivity contribution in [2.45, 2.75) is 72.1 Å². The van der Waals surface area contributed by atoms with Crippen molar-refractivity contribution >= 4 is 5.78 Å². The highest BCUT2D eigenvalue weighted by molar-refractivity contribution is 6.02. The maximum Gasteiger partial charge on any atom is 0.163 e. The van der Waals surface area contributed by atoms with Gasteiger partial charge in [0, 0.05) is 6.42 Å². The van der Waals surface area contributed by atoms with Gasteiger partial charge in [-0.15, -0.1) is 0 Å². The summed E-state index contributed by atoms with van der Waals surface area (Å²) in [4.78, 5) is 11.8. The first-order valence-corrected chi connectivity index (χ1v) is 7.19. The quantitative estimate of drug-likeness (QED) is 0.568. The number of Topliss-reactive ketones (excluding diaryl/α,β-unsaturated/α-hetero) is 1. The Morgan fingerprint density at radius 3 is 2.29 bits per heavy atom. The molecule has 0 atom stereocenters. The second kappa shape index (κ2) is 7.47. The third-order valence-electron chi connectivity index (χ3n) is 3.60. The fourth-order valence-corrected chi connectivity index (χ4v) is 2.64. The molecule has 1 aliphatic carbocycles. The van der Waals surface area contributed by atoms with Crippen molar-refractivity contribution in [2.75, 3.05) is 0 Å². The summed E-state index contributed by atoms with van der Waals surface area (Å²) < 4.78 is 0. The van der Waals surface area contributed by atoms with E-state index in [2.05, 4.69) is 26.8 Å². The lowest BCUT2D eigenvalue weighted by molar-refractivity contribution is -0.114. The van der Waals surface area contributed by atoms with Gasteiger partial charge in [-0.1, -0.05) is 46.1 Å². The van der Waals surface area contributed by atoms with Crippen molar-refractivity contribution in [3.05, 3.63) is 22.8 Å². The van der Waals surface area contributed by atoms with Crippen LogP contribution in [-0.4, -0.2) is 5.78 Å². The summed E-state index contributed by atoms with van der Waals surface area (Å²) in [5.41, 5.74) is 3.76. The molecule has 0 aromatic heterocycles. The Morgan fingerprint density at radius 1 is 1.00 bits per heavy atom. The topological polar surface area (TPSA) is 17.1 Å². The minimum Gasteiger partial charge on any atom is -0.294 e. The Labute approximate surface area is 106 Å². The van der Waals surface area contributed by atoms with Crippen molar-refractivity contribution in [1.82, 2.24) is 0 Å². The van der Waals surface area contributed by atoms with E-state index in [1.165, 1.54) is 36.8 Å². The smallest absolute Gasteiger partial charge is 0.163 e. The van der Waals surface area contributed by atoms with Crippen LogP contribution in [0.3, 0.4) is 0 Å². The van der Waals surface area contributed by atoms with E-state index in [9.17, 15) is 4.79 Å². The van der Waals surface area contributed by atoms with Gasteiger partial charge in [0.25, 0.3) is 0 Å². The van der Waals surface area contributed by atoms with E-state index in [4.69, 9.17) is 0 Å². The average molecular weight is 234 g/mol. The van der Waals surface area contributed by atoms with Gasteiger partial charge in [-0.2, -0.15) is 0 Å². The molecular weight excluding hydrogens is 208 g/mol. The number of carbonyl (C=O) groups excluding carboxylic acids is 1. The van der Waals surface area contributed by atoms with E-state index in [1.807, 2.05) is 0 Å². The van der Waals surface area contributed by atoms with E-state index in [1.54, 1.807) is 0 Å². The molecule has 0 N–H and O–H groups in total. The number of allylic oxidation sites excluding steroid dienone is 4. The van der Waals surface area contributed by atoms with E-state index in [0.717, 1.165) is 24.8 Å². The fraction of sp³-hybridized carbons (Fsp3) is 0.688. The maximum atomic E-state index is 11.8. The van der Waals surface area contributed by atoms with Gasteiger partial charge in [0.15, 0.2) is 5.78 Å². The van der Waals surface area contributed by atoms with Crippen LogP contribution in [0, 0.1) is 0 Å². The Morgan fingerprint density at radius 2 is 1.71 bits per heavy atom. The van der Waals surface area contributed by atoms with E-state index in [0.29, 0.717) is 12.2 Å². The van der Waals surface area contributed by atoms with Gasteiger partial charge < -0.3 is 0 Å². The van der Waals surface area contributed by atoms with Crippen molar-refractivity contribution in [3.8, 4) is 0 Å². The molecule has 17 heavy (non-hydrogen) atoms. The van der Waals surface area contributed by atoms with Gasteiger partial charge in [-0.05, 0) is 42.4 Å². The first kappa shape index (κ1) is 14.2. The lowest BCUT2D eigenvalue weighted by Crippen LogP contribution is -1.93. The number of hydrogen-bond acceptors (Lipinski definition) is 1. The second-order valence-electron chi connectivity index (χ2n) is 4.84. The number of carbonyl (C=O) groups is 1. The summed E-state index contributed by atoms with van der Waals surface area (Å²) in [5, 5.41) is 0. The highest BCUT2D eigenvalue weighted by atomic mass is 16.1. The highest BCUT2D eigenvalue weighted by Gasteiger charge is 2.24. The molecule has 96 valence electrons. The molecule has 0 radical (unpaired) electrons. The number of rotatable bonds is 7. The standard InChI is InChI=1S/C16H26O/c1-4-7-8-9-10-11-13-12-16(17)15(6-3)14(13)5-2/h11H,4-10,12H2,1-3H3/b13-11+. The van der Waals surface area contributed by atoms with Gasteiger partial charge in [0.1, 0.15) is 0 Å². The Hall–Kier alpha value is -0.850. The first-order chi connectivity index (χ1) is 8.24. The molecule has 0 saturated carbocycles. The maximum absolute atomic E-state index is 11.8. The summed E-state index contributed by atoms with van der Waals surface area (Å²) in [6.07, 6.45) is 11.2. The SMILES string of the molecule is CCCCCC/C=C1\CC(=O)C(CC)=C1CC. The molecule has 0 fully saturated rings. The minimum atomic E-state index is 0.365. The van der Waals surface area contributed by atoms with Crippen LogP contribution in [0.4, 0.5) is 0 Å². The molecule has 0 bridgehead atoms. The molecule has 0 spiro atoms. The van der Waals surface area contributed by atoms with Gasteiger partial charge in [-0.25, -0.2) is 0 Å². The molecule has 0 aromatic rings. The Balaban J connectivity index is 2.57. The second-order valence-corrected chi connectivity index (χ2v) is 4.84. The van der Waals surface area contributed by atoms with Crippen molar-refractivity contribution in [1.29, 1.82) is 0 Å². The molecule has 1 nitrogen and oxygen atoms in total. The van der Waals surface area contributed by atoms with Crippen LogP contribution < -0.4 is 0 Å². The fourth-order valence-electron chi connectivity index (χ4n) is 2.64. The predicted octanol–water partition coefficient (Wildman–Crippen LogP) is 4.97. The molecule has 0 heterocycles. The molecule has 0 aliphatic heterocycles. The minimum absolute atomic E-state index is 0.365. The lowest BCUT2D eigenvalue weighted by atomic mass is 10.0. The average Bonchev–Trinajstić information content (AvgIpc) is 2.64. The summed E-state index contributed by atoms with van der Waals surface area (Å²) >= 11 is 0. The zero-order valence-electron chi connectivity index (χ0n) is 11.6. The van der Waals surface area contributed by atoms with Crippen LogP contribution in [0.15, 0.2) is 22.8 Å². The normalized spacial score (nSPS) is 18.5. The van der Waals surface area contributed by atoms with Gasteiger partial charge >= 0.3 is 0 Å². The van der Waals surface area contributed by atoms with Crippen LogP contribution in [-0.2, 0) is 4.79 Å². The van der Waals surface area contributed by atoms with Crippen LogP contribution in [0.1, 0.15) is 72.1 Å².